The molecule has 0 unspecified atom stereocenters. The molecule has 5 heteroatoms. The van der Waals surface area contributed by atoms with Crippen molar-refractivity contribution in [3.05, 3.63) is 28.0 Å². The SMILES string of the molecule is O=C(O)C=Cc1ccsc1COC1CCOCC1. The number of carbonyl (C=O) groups is 1. The van der Waals surface area contributed by atoms with E-state index < -0.39 is 5.97 Å². The van der Waals surface area contributed by atoms with Crippen molar-refractivity contribution in [2.24, 2.45) is 0 Å². The van der Waals surface area contributed by atoms with Crippen LogP contribution in [-0.2, 0) is 20.9 Å². The van der Waals surface area contributed by atoms with Crippen LogP contribution in [-0.4, -0.2) is 30.4 Å². The van der Waals surface area contributed by atoms with Gasteiger partial charge in [0, 0.05) is 24.2 Å². The standard InChI is InChI=1S/C13H16O4S/c14-13(15)2-1-10-5-8-18-12(10)9-17-11-3-6-16-7-4-11/h1-2,5,8,11H,3-4,6-7,9H2,(H,14,15). The van der Waals surface area contributed by atoms with Gasteiger partial charge >= 0.3 is 5.97 Å². The summed E-state index contributed by atoms with van der Waals surface area (Å²) in [7, 11) is 0. The molecule has 4 nitrogen and oxygen atoms in total. The van der Waals surface area contributed by atoms with E-state index in [0.717, 1.165) is 42.6 Å². The van der Waals surface area contributed by atoms with E-state index in [9.17, 15) is 4.79 Å². The quantitative estimate of drug-likeness (QED) is 0.834. The Labute approximate surface area is 110 Å². The third kappa shape index (κ3) is 3.94. The second-order valence-electron chi connectivity index (χ2n) is 4.09. The number of hydrogen-bond acceptors (Lipinski definition) is 4. The molecule has 2 rings (SSSR count). The molecule has 98 valence electrons. The Hall–Kier alpha value is -1.17. The number of rotatable bonds is 5. The predicted molar refractivity (Wildman–Crippen MR) is 69.6 cm³/mol. The van der Waals surface area contributed by atoms with E-state index in [1.165, 1.54) is 0 Å². The summed E-state index contributed by atoms with van der Waals surface area (Å²) in [6.07, 6.45) is 4.90. The van der Waals surface area contributed by atoms with Gasteiger partial charge in [0.25, 0.3) is 0 Å². The maximum Gasteiger partial charge on any atom is 0.328 e. The zero-order valence-corrected chi connectivity index (χ0v) is 10.8. The van der Waals surface area contributed by atoms with Gasteiger partial charge in [0.15, 0.2) is 0 Å². The number of carboxylic acids is 1. The van der Waals surface area contributed by atoms with Crippen molar-refractivity contribution in [3.63, 3.8) is 0 Å². The average molecular weight is 268 g/mol. The Morgan fingerprint density at radius 3 is 3.06 bits per heavy atom. The zero-order valence-electron chi connectivity index (χ0n) is 10.0. The Morgan fingerprint density at radius 1 is 1.56 bits per heavy atom. The Morgan fingerprint density at radius 2 is 2.33 bits per heavy atom. The summed E-state index contributed by atoms with van der Waals surface area (Å²) < 4.78 is 11.1. The van der Waals surface area contributed by atoms with E-state index >= 15 is 0 Å². The van der Waals surface area contributed by atoms with Crippen molar-refractivity contribution in [2.75, 3.05) is 13.2 Å². The van der Waals surface area contributed by atoms with Gasteiger partial charge in [-0.2, -0.15) is 0 Å². The molecule has 1 aliphatic heterocycles. The molecule has 0 aromatic carbocycles. The van der Waals surface area contributed by atoms with Gasteiger partial charge in [-0.3, -0.25) is 0 Å². The highest BCUT2D eigenvalue weighted by Crippen LogP contribution is 2.21. The molecule has 18 heavy (non-hydrogen) atoms. The first kappa shape index (κ1) is 13.3. The fraction of sp³-hybridized carbons (Fsp3) is 0.462. The summed E-state index contributed by atoms with van der Waals surface area (Å²) in [4.78, 5) is 11.6. The van der Waals surface area contributed by atoms with Gasteiger partial charge in [0.05, 0.1) is 12.7 Å². The van der Waals surface area contributed by atoms with Gasteiger partial charge in [-0.25, -0.2) is 4.79 Å². The van der Waals surface area contributed by atoms with E-state index in [-0.39, 0.29) is 6.10 Å². The highest BCUT2D eigenvalue weighted by molar-refractivity contribution is 7.10. The van der Waals surface area contributed by atoms with Crippen molar-refractivity contribution in [1.29, 1.82) is 0 Å². The highest BCUT2D eigenvalue weighted by Gasteiger charge is 2.14. The predicted octanol–water partition coefficient (Wildman–Crippen LogP) is 2.54. The fourth-order valence-electron chi connectivity index (χ4n) is 1.81. The normalized spacial score (nSPS) is 17.3. The van der Waals surface area contributed by atoms with E-state index in [2.05, 4.69) is 0 Å². The minimum Gasteiger partial charge on any atom is -0.478 e. The molecule has 0 aliphatic carbocycles. The van der Waals surface area contributed by atoms with Crippen LogP contribution < -0.4 is 0 Å². The average Bonchev–Trinajstić information content (AvgIpc) is 2.82. The lowest BCUT2D eigenvalue weighted by Crippen LogP contribution is -2.23. The second-order valence-corrected chi connectivity index (χ2v) is 5.09. The molecule has 1 saturated heterocycles. The minimum absolute atomic E-state index is 0.261. The Balaban J connectivity index is 1.88. The lowest BCUT2D eigenvalue weighted by molar-refractivity contribution is -0.131. The molecule has 0 spiro atoms. The molecular weight excluding hydrogens is 252 g/mol. The summed E-state index contributed by atoms with van der Waals surface area (Å²) in [6.45, 7) is 2.07. The monoisotopic (exact) mass is 268 g/mol. The molecule has 0 amide bonds. The summed E-state index contributed by atoms with van der Waals surface area (Å²) in [5.74, 6) is -0.933. The van der Waals surface area contributed by atoms with Crippen molar-refractivity contribution in [3.8, 4) is 0 Å². The number of carboxylic acid groups (broad SMARTS) is 1. The number of hydrogen-bond donors (Lipinski definition) is 1. The second kappa shape index (κ2) is 6.68. The van der Waals surface area contributed by atoms with Crippen LogP contribution in [0.5, 0.6) is 0 Å². The largest absolute Gasteiger partial charge is 0.478 e. The van der Waals surface area contributed by atoms with Gasteiger partial charge in [-0.05, 0) is 35.9 Å². The van der Waals surface area contributed by atoms with Gasteiger partial charge in [-0.1, -0.05) is 0 Å². The van der Waals surface area contributed by atoms with Crippen LogP contribution in [0, 0.1) is 0 Å². The molecule has 1 N–H and O–H groups in total. The maximum absolute atomic E-state index is 10.5. The molecule has 2 heterocycles. The van der Waals surface area contributed by atoms with Crippen molar-refractivity contribution in [2.45, 2.75) is 25.6 Å². The van der Waals surface area contributed by atoms with Gasteiger partial charge in [-0.15, -0.1) is 11.3 Å². The summed E-state index contributed by atoms with van der Waals surface area (Å²) in [6, 6.07) is 1.91. The van der Waals surface area contributed by atoms with E-state index in [0.29, 0.717) is 6.61 Å². The molecule has 1 fully saturated rings. The number of aliphatic carboxylic acids is 1. The smallest absolute Gasteiger partial charge is 0.328 e. The van der Waals surface area contributed by atoms with Gasteiger partial charge < -0.3 is 14.6 Å². The van der Waals surface area contributed by atoms with Gasteiger partial charge in [0.1, 0.15) is 0 Å². The third-order valence-electron chi connectivity index (χ3n) is 2.80. The van der Waals surface area contributed by atoms with Crippen LogP contribution in [0.4, 0.5) is 0 Å². The summed E-state index contributed by atoms with van der Waals surface area (Å²) in [5.41, 5.74) is 0.925. The Bertz CT molecular complexity index is 418. The third-order valence-corrected chi connectivity index (χ3v) is 3.71. The van der Waals surface area contributed by atoms with Crippen molar-refractivity contribution < 1.29 is 19.4 Å². The van der Waals surface area contributed by atoms with Gasteiger partial charge in [0.2, 0.25) is 0 Å². The summed E-state index contributed by atoms with van der Waals surface area (Å²) in [5, 5.41) is 10.6. The van der Waals surface area contributed by atoms with Crippen LogP contribution in [0.2, 0.25) is 0 Å². The van der Waals surface area contributed by atoms with Crippen LogP contribution in [0.15, 0.2) is 17.5 Å². The lowest BCUT2D eigenvalue weighted by Gasteiger charge is -2.22. The highest BCUT2D eigenvalue weighted by atomic mass is 32.1. The van der Waals surface area contributed by atoms with Crippen LogP contribution in [0.1, 0.15) is 23.3 Å². The Kier molecular flexibility index (Phi) is 4.92. The summed E-state index contributed by atoms with van der Waals surface area (Å²) >= 11 is 1.59. The number of ether oxygens (including phenoxy) is 2. The molecule has 0 radical (unpaired) electrons. The maximum atomic E-state index is 10.5. The topological polar surface area (TPSA) is 55.8 Å². The molecule has 1 aromatic rings. The van der Waals surface area contributed by atoms with Crippen LogP contribution in [0.25, 0.3) is 6.08 Å². The zero-order chi connectivity index (χ0) is 12.8. The molecule has 0 bridgehead atoms. The molecule has 1 aromatic heterocycles. The first-order valence-electron chi connectivity index (χ1n) is 5.92. The molecule has 0 saturated carbocycles. The first-order valence-corrected chi connectivity index (χ1v) is 6.80. The molecule has 1 aliphatic rings. The van der Waals surface area contributed by atoms with Crippen molar-refractivity contribution >= 4 is 23.4 Å². The van der Waals surface area contributed by atoms with Crippen molar-refractivity contribution in [1.82, 2.24) is 0 Å². The van der Waals surface area contributed by atoms with Crippen LogP contribution in [0.3, 0.4) is 0 Å². The fourth-order valence-corrected chi connectivity index (χ4v) is 2.60. The van der Waals surface area contributed by atoms with E-state index in [4.69, 9.17) is 14.6 Å². The molecular formula is C13H16O4S. The van der Waals surface area contributed by atoms with E-state index in [1.807, 2.05) is 11.4 Å². The number of thiophene rings is 1. The van der Waals surface area contributed by atoms with Crippen LogP contribution >= 0.6 is 11.3 Å². The lowest BCUT2D eigenvalue weighted by atomic mass is 10.1. The first-order chi connectivity index (χ1) is 8.75. The molecule has 0 atom stereocenters. The minimum atomic E-state index is -0.933. The van der Waals surface area contributed by atoms with E-state index in [1.54, 1.807) is 17.4 Å².